The maximum Gasteiger partial charge on any atom is 3.00 e. The molecule has 0 aliphatic carbocycles. The van der Waals surface area contributed by atoms with Gasteiger partial charge in [-0.05, 0) is 92.2 Å². The molecule has 0 saturated carbocycles. The molecule has 3 aromatic rings. The number of rotatable bonds is 63. The van der Waals surface area contributed by atoms with Crippen molar-refractivity contribution >= 4 is 35.8 Å². The first-order chi connectivity index (χ1) is 51.9. The third-order valence-electron chi connectivity index (χ3n) is 18.8. The van der Waals surface area contributed by atoms with Gasteiger partial charge in [-0.2, -0.15) is 0 Å². The number of aromatic hydroxyl groups is 6. The number of carboxylic acid groups (broad SMARTS) is 6. The van der Waals surface area contributed by atoms with Gasteiger partial charge in [-0.3, -0.25) is 0 Å². The zero-order valence-corrected chi connectivity index (χ0v) is 69.7. The molecule has 0 heterocycles. The van der Waals surface area contributed by atoms with Crippen molar-refractivity contribution in [3.63, 3.8) is 0 Å². The predicted molar refractivity (Wildman–Crippen MR) is 418 cm³/mol. The van der Waals surface area contributed by atoms with Gasteiger partial charge in [-0.25, -0.2) is 14.4 Å². The van der Waals surface area contributed by atoms with E-state index < -0.39 is 87.6 Å². The van der Waals surface area contributed by atoms with Crippen LogP contribution in [-0.2, 0) is 48.5 Å². The van der Waals surface area contributed by atoms with Gasteiger partial charge < -0.3 is 91.0 Å². The average molecular weight is 1640 g/mol. The zero-order valence-electron chi connectivity index (χ0n) is 67.5. The second kappa shape index (κ2) is 82.2. The molecule has 3 rings (SSSR count). The molecule has 2 radical (unpaired) electrons. The summed E-state index contributed by atoms with van der Waals surface area (Å²) >= 11 is 0. The number of hydrogen-bond acceptors (Lipinski definition) is 18. The Kier molecular flexibility index (Phi) is 83.9. The second-order valence-electron chi connectivity index (χ2n) is 28.9. The van der Waals surface area contributed by atoms with E-state index in [0.717, 1.165) is 74.9 Å². The van der Waals surface area contributed by atoms with Crippen molar-refractivity contribution in [3.8, 4) is 51.7 Å². The molecule has 0 atom stereocenters. The largest absolute Gasteiger partial charge is 3.00 e. The molecule has 23 heteroatoms. The number of benzene rings is 3. The minimum Gasteiger partial charge on any atom is -0.867 e. The summed E-state index contributed by atoms with van der Waals surface area (Å²) in [5.74, 6) is -14.2. The van der Waals surface area contributed by atoms with Crippen LogP contribution >= 0.6 is 0 Å². The van der Waals surface area contributed by atoms with E-state index in [4.69, 9.17) is 46.0 Å². The summed E-state index contributed by atoms with van der Waals surface area (Å²) in [6.07, 6.45) is 77.2. The van der Waals surface area contributed by atoms with E-state index in [1.807, 2.05) is 0 Å². The van der Waals surface area contributed by atoms with Crippen LogP contribution in [-0.4, -0.2) is 81.8 Å². The standard InChI is InChI=1S/3C22H44O2.3C7H6O5.2Fe/c3*1-2-3-4-5-6-7-8-9-10-11-12-13-14-15-16-17-18-19-20-21-22(23)24;3*8-4-1-3(7(11)12)2-5(9)6(4)10;;/h3*2-21H2,1H3,(H,23,24);3*1-2,8-10H,(H,11,12);;/q;;;;;;2*+3/p-6. The molecule has 3 aromatic carbocycles. The molecular weight excluding hydrogens is 1490 g/mol. The molecule has 0 amide bonds. The number of aliphatic carboxylic acids is 3. The quantitative estimate of drug-likeness (QED) is 0.0187. The molecule has 0 spiro atoms. The van der Waals surface area contributed by atoms with Crippen molar-refractivity contribution in [2.24, 2.45) is 0 Å². The van der Waals surface area contributed by atoms with E-state index >= 15 is 0 Å². The summed E-state index contributed by atoms with van der Waals surface area (Å²) in [7, 11) is 0. The Morgan fingerprint density at radius 1 is 0.218 bits per heavy atom. The van der Waals surface area contributed by atoms with Gasteiger partial charge in [-0.1, -0.05) is 367 Å². The van der Waals surface area contributed by atoms with E-state index in [2.05, 4.69) is 20.8 Å². The van der Waals surface area contributed by atoms with Gasteiger partial charge in [0.2, 0.25) is 0 Å². The number of phenolic OH excluding ortho intramolecular Hbond substituents is 6. The summed E-state index contributed by atoms with van der Waals surface area (Å²) in [6, 6.07) is 4.69. The first-order valence-corrected chi connectivity index (χ1v) is 41.9. The first-order valence-electron chi connectivity index (χ1n) is 41.9. The number of phenols is 6. The molecule has 110 heavy (non-hydrogen) atoms. The SMILES string of the molecule is CCCCCCCCCCCCCCCCCCCCCC(=O)[O-].CCCCCCCCCCCCCCCCCCCCCC(=O)[O-].CCCCCCCCCCCCCCCCCCCCCC(=O)[O-].O=C(O)c1cc(O)c([O-])c(O)c1.O=C(O)c1cc(O)c([O-])c(O)c1.O=C(O)c1cc(O)c([O-])c(O)c1.[Fe+3].[Fe+3]. The Bertz CT molecular complexity index is 2340. The molecule has 0 aliphatic heterocycles. The van der Waals surface area contributed by atoms with Gasteiger partial charge in [0.05, 0.1) is 16.7 Å². The van der Waals surface area contributed by atoms with Crippen molar-refractivity contribution in [1.82, 2.24) is 0 Å². The Hall–Kier alpha value is -6.28. The maximum atomic E-state index is 10.7. The van der Waals surface area contributed by atoms with Crippen molar-refractivity contribution in [2.75, 3.05) is 0 Å². The van der Waals surface area contributed by atoms with Gasteiger partial charge in [0, 0.05) is 17.9 Å². The fourth-order valence-corrected chi connectivity index (χ4v) is 12.2. The average Bonchev–Trinajstić information content (AvgIpc) is 0.865. The van der Waals surface area contributed by atoms with Crippen molar-refractivity contribution in [3.05, 3.63) is 53.1 Å². The van der Waals surface area contributed by atoms with Gasteiger partial charge in [0.1, 0.15) is 34.5 Å². The van der Waals surface area contributed by atoms with Gasteiger partial charge >= 0.3 is 52.0 Å². The van der Waals surface area contributed by atoms with Crippen LogP contribution < -0.4 is 30.6 Å². The van der Waals surface area contributed by atoms with Crippen LogP contribution in [0.25, 0.3) is 0 Å². The van der Waals surface area contributed by atoms with Crippen LogP contribution in [0, 0.1) is 0 Å². The van der Waals surface area contributed by atoms with E-state index in [1.165, 1.54) is 327 Å². The number of aromatic carboxylic acids is 3. The van der Waals surface area contributed by atoms with E-state index in [-0.39, 0.29) is 70.1 Å². The fraction of sp³-hybridized carbons (Fsp3) is 0.724. The molecule has 0 saturated heterocycles. The van der Waals surface area contributed by atoms with E-state index in [1.54, 1.807) is 0 Å². The third kappa shape index (κ3) is 75.7. The molecule has 0 bridgehead atoms. The Morgan fingerprint density at radius 2 is 0.318 bits per heavy atom. The van der Waals surface area contributed by atoms with Crippen LogP contribution in [0.2, 0.25) is 0 Å². The summed E-state index contributed by atoms with van der Waals surface area (Å²) in [4.78, 5) is 61.7. The van der Waals surface area contributed by atoms with Gasteiger partial charge in [0.15, 0.2) is 0 Å². The third-order valence-corrected chi connectivity index (χ3v) is 18.8. The van der Waals surface area contributed by atoms with Gasteiger partial charge in [-0.15, -0.1) is 0 Å². The minimum absolute atomic E-state index is 0. The topological polar surface area (TPSA) is 423 Å². The van der Waals surface area contributed by atoms with Crippen LogP contribution in [0.1, 0.15) is 437 Å². The summed E-state index contributed by atoms with van der Waals surface area (Å²) < 4.78 is 0. The minimum atomic E-state index is -1.32. The molecule has 0 aliphatic rings. The summed E-state index contributed by atoms with van der Waals surface area (Å²) in [5, 5.41) is 141. The summed E-state index contributed by atoms with van der Waals surface area (Å²) in [6.45, 7) is 6.84. The smallest absolute Gasteiger partial charge is 0.867 e. The zero-order chi connectivity index (χ0) is 81.1. The van der Waals surface area contributed by atoms with Crippen molar-refractivity contribution in [1.29, 1.82) is 0 Å². The number of carbonyl (C=O) groups excluding carboxylic acids is 3. The first kappa shape index (κ1) is 112. The Morgan fingerprint density at radius 3 is 0.409 bits per heavy atom. The van der Waals surface area contributed by atoms with Gasteiger partial charge in [0.25, 0.3) is 0 Å². The van der Waals surface area contributed by atoms with Crippen LogP contribution in [0.4, 0.5) is 0 Å². The van der Waals surface area contributed by atoms with Crippen molar-refractivity contribution in [2.45, 2.75) is 406 Å². The number of carboxylic acids is 6. The molecule has 0 fully saturated rings. The van der Waals surface area contributed by atoms with Crippen LogP contribution in [0.5, 0.6) is 51.7 Å². The van der Waals surface area contributed by atoms with Crippen LogP contribution in [0.15, 0.2) is 36.4 Å². The number of hydrogen-bond donors (Lipinski definition) is 9. The Balaban J connectivity index is -0.000000409. The number of carbonyl (C=O) groups is 6. The monoisotopic (exact) mass is 1640 g/mol. The molecule has 9 N–H and O–H groups in total. The normalized spacial score (nSPS) is 10.4. The molecule has 634 valence electrons. The predicted octanol–water partition coefficient (Wildman–Crippen LogP) is 19.3. The molecule has 21 nitrogen and oxygen atoms in total. The molecule has 0 unspecified atom stereocenters. The molecular formula is C87H144Fe2O21. The van der Waals surface area contributed by atoms with E-state index in [0.29, 0.717) is 0 Å². The summed E-state index contributed by atoms with van der Waals surface area (Å²) in [5.41, 5.74) is -0.987. The fourth-order valence-electron chi connectivity index (χ4n) is 12.2. The Labute approximate surface area is 682 Å². The second-order valence-corrected chi connectivity index (χ2v) is 28.9. The van der Waals surface area contributed by atoms with E-state index in [9.17, 15) is 59.4 Å². The maximum absolute atomic E-state index is 10.7. The van der Waals surface area contributed by atoms with Crippen molar-refractivity contribution < 1.29 is 140 Å². The molecule has 0 aromatic heterocycles. The number of unbranched alkanes of at least 4 members (excludes halogenated alkanes) is 54. The van der Waals surface area contributed by atoms with Crippen LogP contribution in [0.3, 0.4) is 0 Å².